The van der Waals surface area contributed by atoms with Gasteiger partial charge in [-0.3, -0.25) is 4.79 Å². The molecule has 1 aromatic heterocycles. The van der Waals surface area contributed by atoms with Gasteiger partial charge in [0.2, 0.25) is 0 Å². The van der Waals surface area contributed by atoms with Crippen LogP contribution >= 0.6 is 15.9 Å². The molecule has 190 valence electrons. The zero-order valence-electron chi connectivity index (χ0n) is 19.7. The first kappa shape index (κ1) is 25.1. The third-order valence-electron chi connectivity index (χ3n) is 6.42. The van der Waals surface area contributed by atoms with Crippen molar-refractivity contribution in [3.8, 4) is 0 Å². The van der Waals surface area contributed by atoms with E-state index in [-0.39, 0.29) is 35.5 Å². The number of alkyl halides is 3. The van der Waals surface area contributed by atoms with Crippen molar-refractivity contribution in [3.63, 3.8) is 0 Å². The molecule has 1 N–H and O–H groups in total. The van der Waals surface area contributed by atoms with Crippen LogP contribution in [0.1, 0.15) is 45.7 Å². The van der Waals surface area contributed by atoms with E-state index in [1.807, 2.05) is 66.7 Å². The van der Waals surface area contributed by atoms with Crippen molar-refractivity contribution in [2.45, 2.75) is 37.8 Å². The topological polar surface area (TPSA) is 50.2 Å². The molecule has 2 atom stereocenters. The third kappa shape index (κ3) is 5.41. The van der Waals surface area contributed by atoms with Gasteiger partial charge < -0.3 is 10.2 Å². The van der Waals surface area contributed by atoms with Crippen LogP contribution in [-0.4, -0.2) is 26.8 Å². The monoisotopic (exact) mass is 568 g/mol. The molecule has 0 saturated heterocycles. The Balaban J connectivity index is 1.52. The van der Waals surface area contributed by atoms with Crippen molar-refractivity contribution >= 4 is 27.7 Å². The summed E-state index contributed by atoms with van der Waals surface area (Å²) in [5.74, 6) is -0.314. The van der Waals surface area contributed by atoms with Gasteiger partial charge in [-0.15, -0.1) is 0 Å². The molecule has 3 aromatic carbocycles. The van der Waals surface area contributed by atoms with E-state index in [0.717, 1.165) is 21.4 Å². The van der Waals surface area contributed by atoms with Gasteiger partial charge in [-0.05, 0) is 32.6 Å². The van der Waals surface area contributed by atoms with Crippen molar-refractivity contribution in [3.05, 3.63) is 118 Å². The number of hydrogen-bond donors (Lipinski definition) is 1. The van der Waals surface area contributed by atoms with Crippen LogP contribution in [0, 0.1) is 0 Å². The van der Waals surface area contributed by atoms with Gasteiger partial charge >= 0.3 is 6.18 Å². The quantitative estimate of drug-likeness (QED) is 0.269. The number of nitrogens with zero attached hydrogens (tertiary/aromatic N) is 3. The number of carbonyl (C=O) groups is 1. The second-order valence-corrected chi connectivity index (χ2v) is 9.78. The molecule has 5 nitrogen and oxygen atoms in total. The fourth-order valence-corrected chi connectivity index (χ4v) is 5.13. The molecule has 1 aliphatic rings. The summed E-state index contributed by atoms with van der Waals surface area (Å²) in [6.07, 6.45) is -4.77. The smallest absolute Gasteiger partial charge is 0.362 e. The fourth-order valence-electron chi connectivity index (χ4n) is 4.59. The molecule has 9 heteroatoms. The molecule has 1 amide bonds. The van der Waals surface area contributed by atoms with E-state index in [1.54, 1.807) is 29.2 Å². The molecule has 4 aromatic rings. The van der Waals surface area contributed by atoms with Crippen molar-refractivity contribution in [1.82, 2.24) is 14.7 Å². The van der Waals surface area contributed by atoms with Gasteiger partial charge in [0.05, 0.1) is 10.5 Å². The number of benzene rings is 3. The number of aromatic nitrogens is 2. The van der Waals surface area contributed by atoms with Crippen LogP contribution in [-0.2, 0) is 13.1 Å². The summed E-state index contributed by atoms with van der Waals surface area (Å²) in [4.78, 5) is 15.4. The third-order valence-corrected chi connectivity index (χ3v) is 7.17. The van der Waals surface area contributed by atoms with Gasteiger partial charge in [-0.25, -0.2) is 4.68 Å². The van der Waals surface area contributed by atoms with E-state index >= 15 is 0 Å². The van der Waals surface area contributed by atoms with Gasteiger partial charge in [0.1, 0.15) is 5.82 Å². The average molecular weight is 569 g/mol. The molecule has 2 heterocycles. The zero-order valence-corrected chi connectivity index (χ0v) is 21.3. The summed E-state index contributed by atoms with van der Waals surface area (Å²) >= 11 is 3.41. The van der Waals surface area contributed by atoms with Gasteiger partial charge in [-0.1, -0.05) is 91.0 Å². The molecule has 0 fully saturated rings. The Hall–Kier alpha value is -3.59. The molecule has 5 rings (SSSR count). The molecule has 2 unspecified atom stereocenters. The summed E-state index contributed by atoms with van der Waals surface area (Å²) in [5.41, 5.74) is 2.49. The van der Waals surface area contributed by atoms with Crippen molar-refractivity contribution in [1.29, 1.82) is 0 Å². The number of rotatable bonds is 6. The second kappa shape index (κ2) is 10.4. The van der Waals surface area contributed by atoms with Crippen molar-refractivity contribution in [2.75, 3.05) is 5.32 Å². The highest BCUT2D eigenvalue weighted by Crippen LogP contribution is 2.46. The average Bonchev–Trinajstić information content (AvgIpc) is 3.24. The molecule has 0 aliphatic carbocycles. The van der Waals surface area contributed by atoms with E-state index in [1.165, 1.54) is 0 Å². The molecule has 0 saturated carbocycles. The maximum atomic E-state index is 14.2. The number of fused-ring (bicyclic) bond motifs is 1. The predicted molar refractivity (Wildman–Crippen MR) is 139 cm³/mol. The summed E-state index contributed by atoms with van der Waals surface area (Å²) in [6, 6.07) is 25.5. The normalized spacial score (nSPS) is 17.1. The Bertz CT molecular complexity index is 1320. The van der Waals surface area contributed by atoms with Crippen molar-refractivity contribution in [2.24, 2.45) is 0 Å². The van der Waals surface area contributed by atoms with E-state index in [9.17, 15) is 18.0 Å². The number of carbonyl (C=O) groups excluding carboxylic acids is 1. The first-order chi connectivity index (χ1) is 17.8. The lowest BCUT2D eigenvalue weighted by molar-refractivity contribution is -0.173. The Labute approximate surface area is 221 Å². The zero-order chi connectivity index (χ0) is 26.0. The van der Waals surface area contributed by atoms with Gasteiger partial charge in [-0.2, -0.15) is 18.3 Å². The van der Waals surface area contributed by atoms with Gasteiger partial charge in [0.15, 0.2) is 11.7 Å². The lowest BCUT2D eigenvalue weighted by atomic mass is 9.97. The number of nitrogens with one attached hydrogen (secondary N) is 1. The summed E-state index contributed by atoms with van der Waals surface area (Å²) < 4.78 is 43.7. The highest BCUT2D eigenvalue weighted by molar-refractivity contribution is 9.10. The van der Waals surface area contributed by atoms with Crippen LogP contribution in [0.15, 0.2) is 95.5 Å². The number of hydrogen-bond acceptors (Lipinski definition) is 3. The molecule has 37 heavy (non-hydrogen) atoms. The number of halogens is 4. The standard InChI is InChI=1S/C28H24BrF3N4O/c29-24-25(27(37)35(17-19-10-4-1-5-11-19)18-20-12-6-2-7-13-20)34-36-23(28(30,31)32)16-22(33-26(24)36)21-14-8-3-9-15-21/h1-15,22-23,33H,16-18H2. The lowest BCUT2D eigenvalue weighted by Gasteiger charge is -2.33. The molecular weight excluding hydrogens is 545 g/mol. The predicted octanol–water partition coefficient (Wildman–Crippen LogP) is 7.15. The first-order valence-electron chi connectivity index (χ1n) is 11.8. The first-order valence-corrected chi connectivity index (χ1v) is 12.6. The molecular formula is C28H24BrF3N4O. The van der Waals surface area contributed by atoms with Crippen LogP contribution < -0.4 is 5.32 Å². The minimum Gasteiger partial charge on any atom is -0.362 e. The van der Waals surface area contributed by atoms with Crippen LogP contribution in [0.3, 0.4) is 0 Å². The number of anilines is 1. The van der Waals surface area contributed by atoms with Crippen LogP contribution in [0.2, 0.25) is 0 Å². The minimum atomic E-state index is -4.54. The molecule has 0 radical (unpaired) electrons. The van der Waals surface area contributed by atoms with Crippen molar-refractivity contribution < 1.29 is 18.0 Å². The fraction of sp³-hybridized carbons (Fsp3) is 0.214. The van der Waals surface area contributed by atoms with Crippen LogP contribution in [0.25, 0.3) is 0 Å². The Morgan fingerprint density at radius 2 is 1.43 bits per heavy atom. The van der Waals surface area contributed by atoms with E-state index < -0.39 is 24.2 Å². The second-order valence-electron chi connectivity index (χ2n) is 8.99. The maximum absolute atomic E-state index is 14.2. The molecule has 1 aliphatic heterocycles. The SMILES string of the molecule is O=C(c1nn2c(c1Br)NC(c1ccccc1)CC2C(F)(F)F)N(Cc1ccccc1)Cc1ccccc1. The Morgan fingerprint density at radius 1 is 0.919 bits per heavy atom. The highest BCUT2D eigenvalue weighted by atomic mass is 79.9. The summed E-state index contributed by atoms with van der Waals surface area (Å²) in [7, 11) is 0. The highest BCUT2D eigenvalue weighted by Gasteiger charge is 2.48. The lowest BCUT2D eigenvalue weighted by Crippen LogP contribution is -2.36. The van der Waals surface area contributed by atoms with Crippen LogP contribution in [0.5, 0.6) is 0 Å². The van der Waals surface area contributed by atoms with Gasteiger partial charge in [0.25, 0.3) is 5.91 Å². The molecule has 0 bridgehead atoms. The largest absolute Gasteiger partial charge is 0.410 e. The van der Waals surface area contributed by atoms with Crippen LogP contribution in [0.4, 0.5) is 19.0 Å². The van der Waals surface area contributed by atoms with E-state index in [0.29, 0.717) is 0 Å². The minimum absolute atomic E-state index is 0.0580. The molecule has 0 spiro atoms. The van der Waals surface area contributed by atoms with Gasteiger partial charge in [0, 0.05) is 19.5 Å². The van der Waals surface area contributed by atoms with E-state index in [4.69, 9.17) is 0 Å². The maximum Gasteiger partial charge on any atom is 0.410 e. The Morgan fingerprint density at radius 3 is 1.95 bits per heavy atom. The Kier molecular flexibility index (Phi) is 7.06. The number of amides is 1. The summed E-state index contributed by atoms with van der Waals surface area (Å²) in [5, 5.41) is 7.41. The summed E-state index contributed by atoms with van der Waals surface area (Å²) in [6.45, 7) is 0.567. The van der Waals surface area contributed by atoms with E-state index in [2.05, 4.69) is 26.3 Å².